The number of nitro benzene ring substituents is 2. The van der Waals surface area contributed by atoms with Crippen molar-refractivity contribution in [1.29, 1.82) is 0 Å². The Labute approximate surface area is 184 Å². The van der Waals surface area contributed by atoms with Gasteiger partial charge in [0.05, 0.1) is 39.3 Å². The first-order chi connectivity index (χ1) is 13.9. The predicted octanol–water partition coefficient (Wildman–Crippen LogP) is 4.64. The minimum atomic E-state index is -4.00. The van der Waals surface area contributed by atoms with Gasteiger partial charge in [0.2, 0.25) is 0 Å². The minimum absolute atomic E-state index is 0.212. The molecule has 0 fully saturated rings. The highest BCUT2D eigenvalue weighted by Crippen LogP contribution is 2.55. The van der Waals surface area contributed by atoms with Gasteiger partial charge in [-0.15, -0.1) is 0 Å². The maximum atomic E-state index is 12.9. The minimum Gasteiger partial charge on any atom is -0.350 e. The highest BCUT2D eigenvalue weighted by atomic mass is 35.5. The van der Waals surface area contributed by atoms with E-state index >= 15 is 0 Å². The fourth-order valence-electron chi connectivity index (χ4n) is 2.16. The van der Waals surface area contributed by atoms with E-state index in [1.165, 1.54) is 0 Å². The normalized spacial score (nSPS) is 12.5. The number of hydrogen-bond donors (Lipinski definition) is 1. The van der Waals surface area contributed by atoms with Crippen molar-refractivity contribution in [2.75, 3.05) is 13.2 Å². The number of nitro groups is 2. The third-order valence-corrected chi connectivity index (χ3v) is 5.54. The lowest BCUT2D eigenvalue weighted by atomic mass is 10.1. The number of amides is 1. The molecule has 0 bridgehead atoms. The molecule has 0 unspecified atom stereocenters. The number of nitrogens with zero attached hydrogens (tertiary/aromatic N) is 2. The summed E-state index contributed by atoms with van der Waals surface area (Å²) < 4.78 is 29.0. The quantitative estimate of drug-likeness (QED) is 0.229. The Hall–Kier alpha value is -2.11. The monoisotopic (exact) mass is 481 g/mol. The molecule has 0 spiro atoms. The number of nitrogens with one attached hydrogen (secondary N) is 1. The van der Waals surface area contributed by atoms with Crippen molar-refractivity contribution in [2.24, 2.45) is 0 Å². The Kier molecular flexibility index (Phi) is 8.69. The lowest BCUT2D eigenvalue weighted by Crippen LogP contribution is -2.29. The number of phosphoric ester groups is 1. The number of carbonyl (C=O) groups excluding carboxylic acids is 1. The molecule has 0 aromatic heterocycles. The van der Waals surface area contributed by atoms with Crippen LogP contribution in [0.1, 0.15) is 51.9 Å². The van der Waals surface area contributed by atoms with Crippen LogP contribution in [0.5, 0.6) is 0 Å². The van der Waals surface area contributed by atoms with E-state index in [4.69, 9.17) is 25.2 Å². The number of hydrogen-bond acceptors (Lipinski definition) is 9. The van der Waals surface area contributed by atoms with Gasteiger partial charge >= 0.3 is 7.82 Å². The second-order valence-corrected chi connectivity index (χ2v) is 10.2. The van der Waals surface area contributed by atoms with Crippen LogP contribution in [0.4, 0.5) is 11.4 Å². The molecule has 1 aromatic carbocycles. The smallest absolute Gasteiger partial charge is 0.350 e. The molecule has 12 nitrogen and oxygen atoms in total. The molecule has 0 atom stereocenters. The van der Waals surface area contributed by atoms with Gasteiger partial charge in [0.25, 0.3) is 17.3 Å². The average molecular weight is 482 g/mol. The highest BCUT2D eigenvalue weighted by Gasteiger charge is 2.37. The van der Waals surface area contributed by atoms with Crippen LogP contribution in [0.3, 0.4) is 0 Å². The molecule has 1 N–H and O–H groups in total. The van der Waals surface area contributed by atoms with Crippen LogP contribution in [0.2, 0.25) is 5.02 Å². The second-order valence-electron chi connectivity index (χ2n) is 8.28. The molecule has 14 heteroatoms. The number of non-ortho nitro benzene ring substituents is 1. The van der Waals surface area contributed by atoms with E-state index in [1.54, 1.807) is 41.5 Å². The maximum absolute atomic E-state index is 12.9. The van der Waals surface area contributed by atoms with Crippen LogP contribution in [-0.4, -0.2) is 40.1 Å². The van der Waals surface area contributed by atoms with Crippen LogP contribution >= 0.6 is 19.4 Å². The fraction of sp³-hybridized carbons (Fsp3) is 0.588. The molecule has 0 heterocycles. The van der Waals surface area contributed by atoms with Crippen molar-refractivity contribution in [2.45, 2.75) is 52.7 Å². The van der Waals surface area contributed by atoms with Gasteiger partial charge < -0.3 is 5.32 Å². The number of phosphoric acid groups is 1. The first-order valence-electron chi connectivity index (χ1n) is 9.01. The maximum Gasteiger partial charge on any atom is 0.475 e. The summed E-state index contributed by atoms with van der Waals surface area (Å²) in [6, 6.07) is 1.48. The van der Waals surface area contributed by atoms with Crippen LogP contribution in [0, 0.1) is 20.2 Å². The van der Waals surface area contributed by atoms with Crippen LogP contribution < -0.4 is 5.32 Å². The van der Waals surface area contributed by atoms with Crippen molar-refractivity contribution in [1.82, 2.24) is 5.32 Å². The third kappa shape index (κ3) is 8.88. The fourth-order valence-corrected chi connectivity index (χ4v) is 4.22. The SMILES string of the molecule is CC(C)(C)OP(=O)(OCCNC(=O)c1cc([N+](=O)[O-])cc([N+](=O)[O-])c1Cl)OC(C)(C)C. The van der Waals surface area contributed by atoms with Gasteiger partial charge in [-0.1, -0.05) is 11.6 Å². The van der Waals surface area contributed by atoms with Crippen molar-refractivity contribution >= 4 is 36.7 Å². The molecule has 1 aromatic rings. The van der Waals surface area contributed by atoms with Gasteiger partial charge in [0, 0.05) is 12.6 Å². The number of halogens is 1. The Morgan fingerprint density at radius 3 is 2.00 bits per heavy atom. The van der Waals surface area contributed by atoms with Gasteiger partial charge in [-0.05, 0) is 41.5 Å². The number of carbonyl (C=O) groups is 1. The van der Waals surface area contributed by atoms with E-state index < -0.39 is 56.7 Å². The van der Waals surface area contributed by atoms with Gasteiger partial charge in [-0.2, -0.15) is 0 Å². The van der Waals surface area contributed by atoms with Gasteiger partial charge in [0.15, 0.2) is 0 Å². The molecule has 0 saturated carbocycles. The lowest BCUT2D eigenvalue weighted by molar-refractivity contribution is -0.394. The van der Waals surface area contributed by atoms with E-state index in [0.717, 1.165) is 6.07 Å². The van der Waals surface area contributed by atoms with Crippen molar-refractivity contribution in [3.8, 4) is 0 Å². The number of rotatable bonds is 9. The largest absolute Gasteiger partial charge is 0.475 e. The summed E-state index contributed by atoms with van der Waals surface area (Å²) in [7, 11) is -4.00. The summed E-state index contributed by atoms with van der Waals surface area (Å²) in [5.74, 6) is -0.913. The first-order valence-corrected chi connectivity index (χ1v) is 10.8. The summed E-state index contributed by atoms with van der Waals surface area (Å²) in [4.78, 5) is 32.6. The molecule has 0 aliphatic heterocycles. The molecule has 0 saturated heterocycles. The highest BCUT2D eigenvalue weighted by molar-refractivity contribution is 7.48. The Bertz CT molecular complexity index is 889. The molecule has 1 amide bonds. The molecule has 1 rings (SSSR count). The third-order valence-electron chi connectivity index (χ3n) is 3.10. The standard InChI is InChI=1S/C17H25ClN3O9P/c1-16(2,3)29-31(27,30-17(4,5)6)28-8-7-19-15(22)12-9-11(20(23)24)10-13(14(12)18)21(25)26/h9-10H,7-8H2,1-6H3,(H,19,22). The molecular formula is C17H25ClN3O9P. The average Bonchev–Trinajstić information content (AvgIpc) is 2.54. The van der Waals surface area contributed by atoms with Crippen LogP contribution in [0.25, 0.3) is 0 Å². The van der Waals surface area contributed by atoms with Gasteiger partial charge in [-0.3, -0.25) is 38.6 Å². The molecular weight excluding hydrogens is 457 g/mol. The van der Waals surface area contributed by atoms with E-state index in [2.05, 4.69) is 5.32 Å². The van der Waals surface area contributed by atoms with Crippen molar-refractivity contribution < 1.29 is 32.8 Å². The Morgan fingerprint density at radius 2 is 1.58 bits per heavy atom. The van der Waals surface area contributed by atoms with Crippen LogP contribution in [0.15, 0.2) is 12.1 Å². The Balaban J connectivity index is 2.92. The van der Waals surface area contributed by atoms with Crippen molar-refractivity contribution in [3.05, 3.63) is 42.9 Å². The molecule has 0 aliphatic rings. The molecule has 0 radical (unpaired) electrons. The van der Waals surface area contributed by atoms with E-state index in [-0.39, 0.29) is 13.2 Å². The number of benzene rings is 1. The molecule has 31 heavy (non-hydrogen) atoms. The van der Waals surface area contributed by atoms with Gasteiger partial charge in [-0.25, -0.2) is 4.57 Å². The molecule has 0 aliphatic carbocycles. The Morgan fingerprint density at radius 1 is 1.06 bits per heavy atom. The van der Waals surface area contributed by atoms with E-state index in [1.807, 2.05) is 0 Å². The topological polar surface area (TPSA) is 160 Å². The summed E-state index contributed by atoms with van der Waals surface area (Å²) >= 11 is 5.87. The second kappa shape index (κ2) is 10.0. The zero-order valence-corrected chi connectivity index (χ0v) is 19.6. The summed E-state index contributed by atoms with van der Waals surface area (Å²) in [5, 5.41) is 23.8. The van der Waals surface area contributed by atoms with Crippen LogP contribution in [-0.2, 0) is 18.1 Å². The zero-order valence-electron chi connectivity index (χ0n) is 18.0. The zero-order chi connectivity index (χ0) is 24.2. The van der Waals surface area contributed by atoms with E-state index in [0.29, 0.717) is 6.07 Å². The lowest BCUT2D eigenvalue weighted by Gasteiger charge is -2.30. The molecule has 174 valence electrons. The van der Waals surface area contributed by atoms with Crippen molar-refractivity contribution in [3.63, 3.8) is 0 Å². The summed E-state index contributed by atoms with van der Waals surface area (Å²) in [6.45, 7) is 9.45. The summed E-state index contributed by atoms with van der Waals surface area (Å²) in [6.07, 6.45) is 0. The van der Waals surface area contributed by atoms with Gasteiger partial charge in [0.1, 0.15) is 5.02 Å². The first kappa shape index (κ1) is 26.9. The predicted molar refractivity (Wildman–Crippen MR) is 112 cm³/mol. The van der Waals surface area contributed by atoms with E-state index in [9.17, 15) is 29.6 Å². The summed E-state index contributed by atoms with van der Waals surface area (Å²) in [5.41, 5.74) is -3.60.